The molecule has 0 aromatic carbocycles. The molecule has 0 saturated carbocycles. The number of carbonyl (C=O) groups excluding carboxylic acids is 1. The van der Waals surface area contributed by atoms with Crippen LogP contribution >= 0.6 is 0 Å². The summed E-state index contributed by atoms with van der Waals surface area (Å²) >= 11 is 0. The Morgan fingerprint density at radius 3 is 2.56 bits per heavy atom. The summed E-state index contributed by atoms with van der Waals surface area (Å²) in [5, 5.41) is 0. The van der Waals surface area contributed by atoms with Crippen molar-refractivity contribution in [3.05, 3.63) is 6.42 Å². The Morgan fingerprint density at radius 1 is 1.38 bits per heavy atom. The fourth-order valence-corrected chi connectivity index (χ4v) is 3.03. The first kappa shape index (κ1) is 13.4. The van der Waals surface area contributed by atoms with Crippen LogP contribution in [0.2, 0.25) is 0 Å². The highest BCUT2D eigenvalue weighted by molar-refractivity contribution is 7.89. The van der Waals surface area contributed by atoms with Gasteiger partial charge in [0.15, 0.2) is 0 Å². The average molecular weight is 248 g/mol. The summed E-state index contributed by atoms with van der Waals surface area (Å²) in [5.41, 5.74) is 0. The Labute approximate surface area is 96.8 Å². The minimum Gasteiger partial charge on any atom is -0.466 e. The molecular weight excluding hydrogens is 230 g/mol. The predicted octanol–water partition coefficient (Wildman–Crippen LogP) is 0.569. The second-order valence-corrected chi connectivity index (χ2v) is 5.72. The van der Waals surface area contributed by atoms with Gasteiger partial charge in [-0.3, -0.25) is 4.79 Å². The van der Waals surface area contributed by atoms with Crippen LogP contribution in [0.15, 0.2) is 0 Å². The Balaban J connectivity index is 2.41. The van der Waals surface area contributed by atoms with E-state index < -0.39 is 16.0 Å². The molecule has 0 aliphatic carbocycles. The number of sulfonamides is 1. The fraction of sp³-hybridized carbons (Fsp3) is 0.800. The van der Waals surface area contributed by atoms with Crippen LogP contribution in [-0.4, -0.2) is 44.1 Å². The molecule has 0 aromatic heterocycles. The van der Waals surface area contributed by atoms with Gasteiger partial charge in [-0.25, -0.2) is 12.7 Å². The zero-order valence-corrected chi connectivity index (χ0v) is 10.3. The lowest BCUT2D eigenvalue weighted by molar-refractivity contribution is -0.142. The highest BCUT2D eigenvalue weighted by Gasteiger charge is 2.24. The Bertz CT molecular complexity index is 320. The van der Waals surface area contributed by atoms with Gasteiger partial charge in [-0.05, 0) is 26.2 Å². The van der Waals surface area contributed by atoms with Crippen molar-refractivity contribution in [1.29, 1.82) is 0 Å². The molecule has 1 fully saturated rings. The maximum absolute atomic E-state index is 11.8. The minimum absolute atomic E-state index is 0.0591. The lowest BCUT2D eigenvalue weighted by Gasteiger charge is -2.25. The van der Waals surface area contributed by atoms with E-state index in [4.69, 9.17) is 4.74 Å². The highest BCUT2D eigenvalue weighted by Crippen LogP contribution is 2.13. The quantitative estimate of drug-likeness (QED) is 0.667. The smallest absolute Gasteiger partial charge is 0.306 e. The molecule has 0 unspecified atom stereocenters. The number of hydrogen-bond acceptors (Lipinski definition) is 4. The second-order valence-electron chi connectivity index (χ2n) is 3.64. The minimum atomic E-state index is -3.28. The predicted molar refractivity (Wildman–Crippen MR) is 60.1 cm³/mol. The third-order valence-corrected chi connectivity index (χ3v) is 4.30. The molecule has 1 rings (SSSR count). The standard InChI is InChI=1S/C10H18NO4S/c1-2-15-10(12)6-9-16(13,14)11-7-4-3-5-8-11/h3H,2,4-9H2,1H3. The molecule has 1 aliphatic heterocycles. The zero-order valence-electron chi connectivity index (χ0n) is 9.52. The first-order valence-electron chi connectivity index (χ1n) is 5.51. The van der Waals surface area contributed by atoms with Gasteiger partial charge in [0.2, 0.25) is 10.0 Å². The van der Waals surface area contributed by atoms with Crippen LogP contribution < -0.4 is 0 Å². The van der Waals surface area contributed by atoms with Crippen LogP contribution in [0.4, 0.5) is 0 Å². The van der Waals surface area contributed by atoms with Crippen molar-refractivity contribution in [1.82, 2.24) is 4.31 Å². The molecule has 5 nitrogen and oxygen atoms in total. The summed E-state index contributed by atoms with van der Waals surface area (Å²) in [6.07, 6.45) is 3.60. The van der Waals surface area contributed by atoms with Gasteiger partial charge < -0.3 is 4.74 Å². The monoisotopic (exact) mass is 248 g/mol. The Morgan fingerprint density at radius 2 is 2.00 bits per heavy atom. The van der Waals surface area contributed by atoms with E-state index in [0.717, 1.165) is 12.8 Å². The van der Waals surface area contributed by atoms with Gasteiger partial charge in [0.05, 0.1) is 18.8 Å². The summed E-state index contributed by atoms with van der Waals surface area (Å²) < 4.78 is 29.7. The summed E-state index contributed by atoms with van der Waals surface area (Å²) in [6.45, 7) is 3.06. The van der Waals surface area contributed by atoms with E-state index in [1.54, 1.807) is 6.92 Å². The largest absolute Gasteiger partial charge is 0.466 e. The summed E-state index contributed by atoms with van der Waals surface area (Å²) in [5.74, 6) is -0.596. The third-order valence-electron chi connectivity index (χ3n) is 2.43. The molecule has 16 heavy (non-hydrogen) atoms. The molecular formula is C10H18NO4S. The van der Waals surface area contributed by atoms with E-state index in [9.17, 15) is 13.2 Å². The molecule has 0 aromatic rings. The number of piperidine rings is 1. The maximum atomic E-state index is 11.8. The Hall–Kier alpha value is -0.620. The molecule has 93 valence electrons. The van der Waals surface area contributed by atoms with Crippen molar-refractivity contribution < 1.29 is 17.9 Å². The van der Waals surface area contributed by atoms with Crippen LogP contribution in [0.25, 0.3) is 0 Å². The summed E-state index contributed by atoms with van der Waals surface area (Å²) in [4.78, 5) is 11.1. The lowest BCUT2D eigenvalue weighted by Crippen LogP contribution is -2.37. The van der Waals surface area contributed by atoms with E-state index in [2.05, 4.69) is 6.42 Å². The van der Waals surface area contributed by atoms with Gasteiger partial charge in [0.1, 0.15) is 0 Å². The van der Waals surface area contributed by atoms with Crippen LogP contribution in [0.3, 0.4) is 0 Å². The van der Waals surface area contributed by atoms with Gasteiger partial charge in [-0.1, -0.05) is 0 Å². The number of ether oxygens (including phenoxy) is 1. The van der Waals surface area contributed by atoms with Crippen molar-refractivity contribution >= 4 is 16.0 Å². The van der Waals surface area contributed by atoms with E-state index in [-0.39, 0.29) is 18.8 Å². The zero-order chi connectivity index (χ0) is 12.0. The summed E-state index contributed by atoms with van der Waals surface area (Å²) in [6, 6.07) is 0. The van der Waals surface area contributed by atoms with E-state index in [1.807, 2.05) is 0 Å². The Kier molecular flexibility index (Phi) is 5.21. The molecule has 1 aliphatic rings. The number of rotatable bonds is 5. The SMILES string of the molecule is CCOC(=O)CCS(=O)(=O)N1CC[CH]CC1. The van der Waals surface area contributed by atoms with Crippen molar-refractivity contribution in [2.45, 2.75) is 26.2 Å². The topological polar surface area (TPSA) is 63.7 Å². The molecule has 0 spiro atoms. The van der Waals surface area contributed by atoms with Gasteiger partial charge >= 0.3 is 5.97 Å². The molecule has 1 saturated heterocycles. The van der Waals surface area contributed by atoms with Crippen molar-refractivity contribution in [2.24, 2.45) is 0 Å². The highest BCUT2D eigenvalue weighted by atomic mass is 32.2. The number of hydrogen-bond donors (Lipinski definition) is 0. The maximum Gasteiger partial charge on any atom is 0.306 e. The van der Waals surface area contributed by atoms with Gasteiger partial charge in [0, 0.05) is 13.1 Å². The van der Waals surface area contributed by atoms with Crippen LogP contribution in [-0.2, 0) is 19.6 Å². The second kappa shape index (κ2) is 6.20. The van der Waals surface area contributed by atoms with E-state index in [0.29, 0.717) is 13.1 Å². The van der Waals surface area contributed by atoms with E-state index >= 15 is 0 Å². The molecule has 0 amide bonds. The van der Waals surface area contributed by atoms with Crippen molar-refractivity contribution in [2.75, 3.05) is 25.4 Å². The number of carbonyl (C=O) groups is 1. The number of esters is 1. The van der Waals surface area contributed by atoms with Crippen LogP contribution in [0, 0.1) is 6.42 Å². The number of nitrogens with zero attached hydrogens (tertiary/aromatic N) is 1. The molecule has 0 bridgehead atoms. The normalized spacial score (nSPS) is 18.3. The van der Waals surface area contributed by atoms with Crippen LogP contribution in [0.1, 0.15) is 26.2 Å². The van der Waals surface area contributed by atoms with E-state index in [1.165, 1.54) is 4.31 Å². The van der Waals surface area contributed by atoms with Gasteiger partial charge in [0.25, 0.3) is 0 Å². The lowest BCUT2D eigenvalue weighted by atomic mass is 10.2. The first-order valence-corrected chi connectivity index (χ1v) is 7.12. The molecule has 6 heteroatoms. The van der Waals surface area contributed by atoms with Gasteiger partial charge in [-0.2, -0.15) is 0 Å². The fourth-order valence-electron chi connectivity index (χ4n) is 1.58. The first-order chi connectivity index (χ1) is 7.56. The molecule has 1 heterocycles. The molecule has 0 atom stereocenters. The van der Waals surface area contributed by atoms with Crippen LogP contribution in [0.5, 0.6) is 0 Å². The average Bonchev–Trinajstić information content (AvgIpc) is 2.28. The summed E-state index contributed by atoms with van der Waals surface area (Å²) in [7, 11) is -3.28. The third kappa shape index (κ3) is 4.09. The molecule has 1 radical (unpaired) electrons. The van der Waals surface area contributed by atoms with Crippen molar-refractivity contribution in [3.63, 3.8) is 0 Å². The molecule has 0 N–H and O–H groups in total. The van der Waals surface area contributed by atoms with Gasteiger partial charge in [-0.15, -0.1) is 0 Å². The van der Waals surface area contributed by atoms with Crippen molar-refractivity contribution in [3.8, 4) is 0 Å².